The molecule has 1 heterocycles. The monoisotopic (exact) mass is 339 g/mol. The SMILES string of the molecule is C/C=C\c1ncc(C2CC2)nc1/C(=C\C)C(=O)NCC1CCCCC1. The highest BCUT2D eigenvalue weighted by molar-refractivity contribution is 6.19. The van der Waals surface area contributed by atoms with Gasteiger partial charge in [0.25, 0.3) is 5.91 Å². The summed E-state index contributed by atoms with van der Waals surface area (Å²) in [6, 6.07) is 0. The number of rotatable bonds is 6. The van der Waals surface area contributed by atoms with Gasteiger partial charge in [-0.1, -0.05) is 31.4 Å². The second-order valence-corrected chi connectivity index (χ2v) is 7.22. The average molecular weight is 339 g/mol. The maximum absolute atomic E-state index is 12.8. The minimum Gasteiger partial charge on any atom is -0.352 e. The van der Waals surface area contributed by atoms with Crippen LogP contribution in [0.15, 0.2) is 18.3 Å². The second kappa shape index (κ2) is 8.41. The molecule has 0 saturated heterocycles. The maximum atomic E-state index is 12.8. The molecule has 0 spiro atoms. The smallest absolute Gasteiger partial charge is 0.253 e. The van der Waals surface area contributed by atoms with Gasteiger partial charge in [0.1, 0.15) is 5.69 Å². The van der Waals surface area contributed by atoms with E-state index in [1.807, 2.05) is 38.3 Å². The summed E-state index contributed by atoms with van der Waals surface area (Å²) in [6.45, 7) is 4.63. The molecule has 1 aromatic rings. The third kappa shape index (κ3) is 4.56. The summed E-state index contributed by atoms with van der Waals surface area (Å²) in [6.07, 6.45) is 16.3. The molecule has 2 aliphatic rings. The van der Waals surface area contributed by atoms with Gasteiger partial charge in [-0.3, -0.25) is 9.78 Å². The first kappa shape index (κ1) is 17.8. The Balaban J connectivity index is 1.76. The van der Waals surface area contributed by atoms with E-state index >= 15 is 0 Å². The van der Waals surface area contributed by atoms with E-state index in [0.717, 1.165) is 17.9 Å². The molecular weight excluding hydrogens is 310 g/mol. The van der Waals surface area contributed by atoms with Crippen LogP contribution in [0.25, 0.3) is 11.6 Å². The number of hydrogen-bond acceptors (Lipinski definition) is 3. The molecule has 2 fully saturated rings. The van der Waals surface area contributed by atoms with E-state index in [0.29, 0.717) is 23.1 Å². The molecule has 4 nitrogen and oxygen atoms in total. The van der Waals surface area contributed by atoms with Crippen molar-refractivity contribution in [1.29, 1.82) is 0 Å². The molecule has 134 valence electrons. The third-order valence-electron chi connectivity index (χ3n) is 5.20. The van der Waals surface area contributed by atoms with Gasteiger partial charge in [-0.25, -0.2) is 4.98 Å². The van der Waals surface area contributed by atoms with Crippen LogP contribution in [0.2, 0.25) is 0 Å². The Morgan fingerprint density at radius 1 is 1.20 bits per heavy atom. The van der Waals surface area contributed by atoms with Crippen molar-refractivity contribution in [3.63, 3.8) is 0 Å². The van der Waals surface area contributed by atoms with Crippen LogP contribution in [0.5, 0.6) is 0 Å². The normalized spacial score (nSPS) is 19.4. The quantitative estimate of drug-likeness (QED) is 0.777. The standard InChI is InChI=1S/C21H29N3O/c1-3-8-18-20(24-19(14-22-18)16-11-12-16)17(4-2)21(25)23-13-15-9-6-5-7-10-15/h3-4,8,14-16H,5-7,9-13H2,1-2H3,(H,23,25)/b8-3-,17-4+. The fourth-order valence-electron chi connectivity index (χ4n) is 3.56. The van der Waals surface area contributed by atoms with Gasteiger partial charge < -0.3 is 5.32 Å². The second-order valence-electron chi connectivity index (χ2n) is 7.22. The van der Waals surface area contributed by atoms with Gasteiger partial charge in [-0.05, 0) is 51.5 Å². The zero-order valence-corrected chi connectivity index (χ0v) is 15.4. The zero-order valence-electron chi connectivity index (χ0n) is 15.4. The van der Waals surface area contributed by atoms with E-state index in [9.17, 15) is 4.79 Å². The van der Waals surface area contributed by atoms with Crippen molar-refractivity contribution in [2.45, 2.75) is 64.7 Å². The van der Waals surface area contributed by atoms with Gasteiger partial charge in [0, 0.05) is 18.7 Å². The highest BCUT2D eigenvalue weighted by Gasteiger charge is 2.27. The summed E-state index contributed by atoms with van der Waals surface area (Å²) in [4.78, 5) is 22.2. The van der Waals surface area contributed by atoms with Crippen LogP contribution in [0.3, 0.4) is 0 Å². The Bertz CT molecular complexity index is 668. The van der Waals surface area contributed by atoms with E-state index < -0.39 is 0 Å². The largest absolute Gasteiger partial charge is 0.352 e. The van der Waals surface area contributed by atoms with Gasteiger partial charge >= 0.3 is 0 Å². The molecule has 0 unspecified atom stereocenters. The van der Waals surface area contributed by atoms with Crippen molar-refractivity contribution in [3.05, 3.63) is 35.4 Å². The first-order valence-corrected chi connectivity index (χ1v) is 9.67. The predicted octanol–water partition coefficient (Wildman–Crippen LogP) is 4.49. The molecule has 2 aliphatic carbocycles. The van der Waals surface area contributed by atoms with Crippen LogP contribution < -0.4 is 5.32 Å². The lowest BCUT2D eigenvalue weighted by Gasteiger charge is -2.22. The van der Waals surface area contributed by atoms with E-state index in [1.165, 1.54) is 44.9 Å². The third-order valence-corrected chi connectivity index (χ3v) is 5.20. The molecule has 0 radical (unpaired) electrons. The Hall–Kier alpha value is -1.97. The Kier molecular flexibility index (Phi) is 6.00. The van der Waals surface area contributed by atoms with Crippen molar-refractivity contribution < 1.29 is 4.79 Å². The molecule has 0 atom stereocenters. The van der Waals surface area contributed by atoms with Crippen molar-refractivity contribution in [2.75, 3.05) is 6.54 Å². The highest BCUT2D eigenvalue weighted by atomic mass is 16.1. The maximum Gasteiger partial charge on any atom is 0.253 e. The van der Waals surface area contributed by atoms with Crippen LogP contribution in [0.1, 0.15) is 81.8 Å². The molecule has 25 heavy (non-hydrogen) atoms. The molecule has 0 bridgehead atoms. The fourth-order valence-corrected chi connectivity index (χ4v) is 3.56. The molecule has 0 aliphatic heterocycles. The van der Waals surface area contributed by atoms with Crippen molar-refractivity contribution in [3.8, 4) is 0 Å². The fraction of sp³-hybridized carbons (Fsp3) is 0.571. The molecular formula is C21H29N3O. The summed E-state index contributed by atoms with van der Waals surface area (Å²) < 4.78 is 0. The summed E-state index contributed by atoms with van der Waals surface area (Å²) in [5, 5.41) is 3.14. The lowest BCUT2D eigenvalue weighted by Crippen LogP contribution is -2.31. The average Bonchev–Trinajstić information content (AvgIpc) is 3.48. The molecule has 1 N–H and O–H groups in total. The number of nitrogens with zero attached hydrogens (tertiary/aromatic N) is 2. The predicted molar refractivity (Wildman–Crippen MR) is 102 cm³/mol. The van der Waals surface area contributed by atoms with Gasteiger partial charge in [0.2, 0.25) is 0 Å². The lowest BCUT2D eigenvalue weighted by atomic mass is 9.89. The topological polar surface area (TPSA) is 54.9 Å². The zero-order chi connectivity index (χ0) is 17.6. The minimum atomic E-state index is -0.0268. The lowest BCUT2D eigenvalue weighted by molar-refractivity contribution is -0.115. The molecule has 1 amide bonds. The van der Waals surface area contributed by atoms with Crippen LogP contribution in [0, 0.1) is 5.92 Å². The van der Waals surface area contributed by atoms with Gasteiger partial charge in [0.15, 0.2) is 0 Å². The number of carbonyl (C=O) groups excluding carboxylic acids is 1. The highest BCUT2D eigenvalue weighted by Crippen LogP contribution is 2.39. The summed E-state index contributed by atoms with van der Waals surface area (Å²) >= 11 is 0. The number of carbonyl (C=O) groups is 1. The van der Waals surface area contributed by atoms with Gasteiger partial charge in [-0.2, -0.15) is 0 Å². The van der Waals surface area contributed by atoms with Crippen molar-refractivity contribution in [1.82, 2.24) is 15.3 Å². The van der Waals surface area contributed by atoms with Gasteiger partial charge in [0.05, 0.1) is 17.0 Å². The van der Waals surface area contributed by atoms with E-state index in [1.54, 1.807) is 0 Å². The van der Waals surface area contributed by atoms with E-state index in [-0.39, 0.29) is 5.91 Å². The minimum absolute atomic E-state index is 0.0268. The number of allylic oxidation sites excluding steroid dienone is 2. The van der Waals surface area contributed by atoms with Gasteiger partial charge in [-0.15, -0.1) is 0 Å². The number of nitrogens with one attached hydrogen (secondary N) is 1. The van der Waals surface area contributed by atoms with Crippen LogP contribution in [0.4, 0.5) is 0 Å². The Morgan fingerprint density at radius 3 is 2.60 bits per heavy atom. The van der Waals surface area contributed by atoms with Crippen LogP contribution in [-0.4, -0.2) is 22.4 Å². The van der Waals surface area contributed by atoms with E-state index in [4.69, 9.17) is 4.98 Å². The summed E-state index contributed by atoms with van der Waals surface area (Å²) in [5.41, 5.74) is 3.14. The molecule has 3 rings (SSSR count). The summed E-state index contributed by atoms with van der Waals surface area (Å²) in [5.74, 6) is 1.12. The van der Waals surface area contributed by atoms with Crippen molar-refractivity contribution in [2.24, 2.45) is 5.92 Å². The van der Waals surface area contributed by atoms with Crippen LogP contribution in [-0.2, 0) is 4.79 Å². The van der Waals surface area contributed by atoms with E-state index in [2.05, 4.69) is 10.3 Å². The molecule has 0 aromatic carbocycles. The summed E-state index contributed by atoms with van der Waals surface area (Å²) in [7, 11) is 0. The molecule has 2 saturated carbocycles. The number of aromatic nitrogens is 2. The number of amides is 1. The van der Waals surface area contributed by atoms with Crippen molar-refractivity contribution >= 4 is 17.6 Å². The van der Waals surface area contributed by atoms with Crippen LogP contribution >= 0.6 is 0 Å². The Morgan fingerprint density at radius 2 is 1.96 bits per heavy atom. The first-order valence-electron chi connectivity index (χ1n) is 9.67. The molecule has 4 heteroatoms. The first-order chi connectivity index (χ1) is 12.2. The number of hydrogen-bond donors (Lipinski definition) is 1. The molecule has 1 aromatic heterocycles. The Labute approximate surface area is 150 Å².